The number of hydrogen-bond acceptors (Lipinski definition) is 5. The van der Waals surface area contributed by atoms with E-state index in [1.165, 1.54) is 24.1 Å². The van der Waals surface area contributed by atoms with Crippen LogP contribution in [0.1, 0.15) is 39.2 Å². The van der Waals surface area contributed by atoms with Crippen LogP contribution in [0.4, 0.5) is 5.69 Å². The molecular weight excluding hydrogens is 312 g/mol. The second-order valence-electron chi connectivity index (χ2n) is 7.48. The first-order valence-corrected chi connectivity index (χ1v) is 8.65. The standard InChI is InChI=1S/C17H22N2O3S/c1-16(2)13-8-15(20)17(3,9-14(13)16)23-18-10-11-4-6-12(7-5-11)19(21)22/h4-7,10,13-15,20H,8-9H2,1-3H3/b18-10+/t13-,14+,15+,17-/m1/s1. The minimum atomic E-state index is -0.414. The Morgan fingerprint density at radius 3 is 2.57 bits per heavy atom. The summed E-state index contributed by atoms with van der Waals surface area (Å²) in [6.07, 6.45) is 3.20. The van der Waals surface area contributed by atoms with Gasteiger partial charge in [0.15, 0.2) is 0 Å². The number of hydrogen-bond donors (Lipinski definition) is 1. The number of benzene rings is 1. The Hall–Kier alpha value is -1.40. The second-order valence-corrected chi connectivity index (χ2v) is 8.80. The molecule has 2 fully saturated rings. The summed E-state index contributed by atoms with van der Waals surface area (Å²) in [7, 11) is 0. The van der Waals surface area contributed by atoms with Gasteiger partial charge in [-0.25, -0.2) is 4.40 Å². The Kier molecular flexibility index (Phi) is 4.01. The van der Waals surface area contributed by atoms with Crippen molar-refractivity contribution in [3.8, 4) is 0 Å². The van der Waals surface area contributed by atoms with Gasteiger partial charge in [-0.05, 0) is 66.7 Å². The van der Waals surface area contributed by atoms with Gasteiger partial charge >= 0.3 is 0 Å². The number of aliphatic hydroxyl groups excluding tert-OH is 1. The molecule has 1 aromatic carbocycles. The third kappa shape index (κ3) is 3.02. The fourth-order valence-electron chi connectivity index (χ4n) is 3.78. The molecule has 2 saturated carbocycles. The summed E-state index contributed by atoms with van der Waals surface area (Å²) in [6, 6.07) is 6.31. The van der Waals surface area contributed by atoms with E-state index in [1.54, 1.807) is 18.3 Å². The zero-order valence-electron chi connectivity index (χ0n) is 13.6. The highest BCUT2D eigenvalue weighted by molar-refractivity contribution is 7.99. The van der Waals surface area contributed by atoms with Crippen molar-refractivity contribution in [3.05, 3.63) is 39.9 Å². The van der Waals surface area contributed by atoms with Crippen LogP contribution in [-0.2, 0) is 0 Å². The average Bonchev–Trinajstić information content (AvgIpc) is 3.00. The largest absolute Gasteiger partial charge is 0.392 e. The van der Waals surface area contributed by atoms with Crippen LogP contribution < -0.4 is 0 Å². The summed E-state index contributed by atoms with van der Waals surface area (Å²) in [5, 5.41) is 21.1. The lowest BCUT2D eigenvalue weighted by Gasteiger charge is -2.35. The van der Waals surface area contributed by atoms with E-state index in [2.05, 4.69) is 25.2 Å². The SMILES string of the molecule is CC1(C)[C@@H]2C[C@H](O)[C@](C)(S/N=C/c3ccc([N+](=O)[O-])cc3)C[C@@H]21. The second kappa shape index (κ2) is 5.60. The Bertz CT molecular complexity index is 644. The minimum Gasteiger partial charge on any atom is -0.392 e. The summed E-state index contributed by atoms with van der Waals surface area (Å²) < 4.78 is 4.17. The lowest BCUT2D eigenvalue weighted by atomic mass is 9.87. The normalized spacial score (nSPS) is 35.0. The fourth-order valence-corrected chi connectivity index (χ4v) is 4.67. The van der Waals surface area contributed by atoms with Crippen LogP contribution in [0.25, 0.3) is 0 Å². The number of nitro benzene ring substituents is 1. The molecule has 0 spiro atoms. The predicted octanol–water partition coefficient (Wildman–Crippen LogP) is 3.85. The third-order valence-corrected chi connectivity index (χ3v) is 6.73. The van der Waals surface area contributed by atoms with Crippen LogP contribution in [0.2, 0.25) is 0 Å². The highest BCUT2D eigenvalue weighted by Gasteiger charge is 2.64. The van der Waals surface area contributed by atoms with Gasteiger partial charge in [-0.3, -0.25) is 10.1 Å². The van der Waals surface area contributed by atoms with Gasteiger partial charge in [-0.2, -0.15) is 0 Å². The highest BCUT2D eigenvalue weighted by atomic mass is 32.2. The Balaban J connectivity index is 1.64. The van der Waals surface area contributed by atoms with E-state index < -0.39 is 4.92 Å². The molecule has 4 atom stereocenters. The van der Waals surface area contributed by atoms with Crippen molar-refractivity contribution in [2.24, 2.45) is 21.6 Å². The average molecular weight is 334 g/mol. The molecule has 5 nitrogen and oxygen atoms in total. The van der Waals surface area contributed by atoms with E-state index in [9.17, 15) is 15.2 Å². The van der Waals surface area contributed by atoms with E-state index in [-0.39, 0.29) is 16.5 Å². The predicted molar refractivity (Wildman–Crippen MR) is 92.7 cm³/mol. The number of nitro groups is 1. The van der Waals surface area contributed by atoms with Crippen LogP contribution in [-0.4, -0.2) is 27.1 Å². The zero-order chi connectivity index (χ0) is 16.8. The monoisotopic (exact) mass is 334 g/mol. The molecule has 0 heterocycles. The highest BCUT2D eigenvalue weighted by Crippen LogP contribution is 2.68. The first-order chi connectivity index (χ1) is 10.7. The lowest BCUT2D eigenvalue weighted by molar-refractivity contribution is -0.384. The lowest BCUT2D eigenvalue weighted by Crippen LogP contribution is -2.39. The molecule has 0 amide bonds. The zero-order valence-corrected chi connectivity index (χ0v) is 14.4. The van der Waals surface area contributed by atoms with Crippen molar-refractivity contribution >= 4 is 23.8 Å². The van der Waals surface area contributed by atoms with Gasteiger partial charge in [0.05, 0.1) is 15.8 Å². The molecule has 0 bridgehead atoms. The van der Waals surface area contributed by atoms with E-state index in [4.69, 9.17) is 0 Å². The molecule has 0 radical (unpaired) electrons. The van der Waals surface area contributed by atoms with Crippen LogP contribution in [0, 0.1) is 27.4 Å². The molecule has 3 rings (SSSR count). The Labute approximate surface area is 140 Å². The van der Waals surface area contributed by atoms with E-state index in [0.29, 0.717) is 17.3 Å². The maximum Gasteiger partial charge on any atom is 0.269 e. The summed E-state index contributed by atoms with van der Waals surface area (Å²) in [5.74, 6) is 1.32. The third-order valence-electron chi connectivity index (χ3n) is 5.66. The fraction of sp³-hybridized carbons (Fsp3) is 0.588. The molecule has 1 N–H and O–H groups in total. The summed E-state index contributed by atoms with van der Waals surface area (Å²) in [4.78, 5) is 10.2. The Morgan fingerprint density at radius 1 is 1.30 bits per heavy atom. The molecule has 0 aromatic heterocycles. The van der Waals surface area contributed by atoms with E-state index in [0.717, 1.165) is 18.4 Å². The first kappa shape index (κ1) is 16.5. The number of rotatable bonds is 4. The molecule has 124 valence electrons. The van der Waals surface area contributed by atoms with E-state index >= 15 is 0 Å². The van der Waals surface area contributed by atoms with Gasteiger partial charge in [0.25, 0.3) is 5.69 Å². The smallest absolute Gasteiger partial charge is 0.269 e. The maximum atomic E-state index is 10.6. The van der Waals surface area contributed by atoms with Crippen molar-refractivity contribution in [2.45, 2.75) is 44.5 Å². The van der Waals surface area contributed by atoms with Crippen LogP contribution in [0.15, 0.2) is 28.7 Å². The van der Waals surface area contributed by atoms with Crippen molar-refractivity contribution in [1.82, 2.24) is 0 Å². The van der Waals surface area contributed by atoms with Crippen molar-refractivity contribution < 1.29 is 10.0 Å². The summed E-state index contributed by atoms with van der Waals surface area (Å²) in [5.41, 5.74) is 1.24. The Morgan fingerprint density at radius 2 is 1.96 bits per heavy atom. The summed E-state index contributed by atoms with van der Waals surface area (Å²) >= 11 is 1.43. The number of aliphatic hydroxyl groups is 1. The maximum absolute atomic E-state index is 10.6. The number of nitrogens with zero attached hydrogens (tertiary/aromatic N) is 2. The van der Waals surface area contributed by atoms with Crippen LogP contribution in [0.3, 0.4) is 0 Å². The molecule has 0 saturated heterocycles. The first-order valence-electron chi connectivity index (χ1n) is 7.88. The topological polar surface area (TPSA) is 75.7 Å². The van der Waals surface area contributed by atoms with Gasteiger partial charge in [0.1, 0.15) is 0 Å². The summed E-state index contributed by atoms with van der Waals surface area (Å²) in [6.45, 7) is 6.65. The van der Waals surface area contributed by atoms with Crippen molar-refractivity contribution in [3.63, 3.8) is 0 Å². The van der Waals surface area contributed by atoms with Gasteiger partial charge in [0.2, 0.25) is 0 Å². The van der Waals surface area contributed by atoms with Gasteiger partial charge in [-0.1, -0.05) is 13.8 Å². The molecule has 2 aliphatic carbocycles. The molecule has 23 heavy (non-hydrogen) atoms. The number of non-ortho nitro benzene ring substituents is 1. The quantitative estimate of drug-likeness (QED) is 0.393. The van der Waals surface area contributed by atoms with Crippen molar-refractivity contribution in [2.75, 3.05) is 0 Å². The van der Waals surface area contributed by atoms with Crippen molar-refractivity contribution in [1.29, 1.82) is 0 Å². The molecular formula is C17H22N2O3S. The minimum absolute atomic E-state index is 0.0754. The van der Waals surface area contributed by atoms with Gasteiger partial charge < -0.3 is 5.11 Å². The molecule has 2 aliphatic rings. The molecule has 0 unspecified atom stereocenters. The molecule has 6 heteroatoms. The van der Waals surface area contributed by atoms with Gasteiger partial charge in [-0.15, -0.1) is 0 Å². The van der Waals surface area contributed by atoms with Crippen LogP contribution in [0.5, 0.6) is 0 Å². The van der Waals surface area contributed by atoms with E-state index in [1.807, 2.05) is 0 Å². The van der Waals surface area contributed by atoms with Crippen LogP contribution >= 0.6 is 11.9 Å². The van der Waals surface area contributed by atoms with Gasteiger partial charge in [0, 0.05) is 18.3 Å². The number of fused-ring (bicyclic) bond motifs is 1. The molecule has 1 aromatic rings. The molecule has 0 aliphatic heterocycles.